The second kappa shape index (κ2) is 5.48. The van der Waals surface area contributed by atoms with Crippen LogP contribution in [-0.4, -0.2) is 11.6 Å². The average molecular weight is 295 g/mol. The van der Waals surface area contributed by atoms with Gasteiger partial charge in [0.2, 0.25) is 0 Å². The molecule has 1 N–H and O–H groups in total. The molecule has 3 heteroatoms. The Morgan fingerprint density at radius 3 is 2.59 bits per heavy atom. The van der Waals surface area contributed by atoms with Crippen molar-refractivity contribution in [3.63, 3.8) is 0 Å². The lowest BCUT2D eigenvalue weighted by atomic mass is 10.0. The van der Waals surface area contributed by atoms with Crippen molar-refractivity contribution >= 4 is 6.09 Å². The van der Waals surface area contributed by atoms with Crippen LogP contribution in [0, 0.1) is 0 Å². The molecule has 1 aliphatic carbocycles. The van der Waals surface area contributed by atoms with E-state index in [0.717, 1.165) is 12.0 Å². The van der Waals surface area contributed by atoms with Gasteiger partial charge in [0, 0.05) is 5.54 Å². The first kappa shape index (κ1) is 14.6. The summed E-state index contributed by atoms with van der Waals surface area (Å²) in [5.74, 6) is 0. The Kier molecular flexibility index (Phi) is 3.65. The number of carbonyl (C=O) groups is 1. The number of nitrogens with one attached hydrogen (secondary N) is 1. The number of amides is 1. The summed E-state index contributed by atoms with van der Waals surface area (Å²) in [5, 5.41) is 2.81. The summed E-state index contributed by atoms with van der Waals surface area (Å²) >= 11 is 0. The van der Waals surface area contributed by atoms with E-state index in [1.54, 1.807) is 0 Å². The third-order valence-electron chi connectivity index (χ3n) is 3.78. The summed E-state index contributed by atoms with van der Waals surface area (Å²) in [6.07, 6.45) is 0.534. The SMILES string of the molecule is CC(C)(C)NC(=O)OCc1cccc2c1Cc1ccccc1-2. The largest absolute Gasteiger partial charge is 0.445 e. The lowest BCUT2D eigenvalue weighted by Crippen LogP contribution is -2.40. The van der Waals surface area contributed by atoms with E-state index in [1.807, 2.05) is 32.9 Å². The third-order valence-corrected chi connectivity index (χ3v) is 3.78. The molecule has 0 saturated carbocycles. The van der Waals surface area contributed by atoms with Crippen LogP contribution in [0.5, 0.6) is 0 Å². The van der Waals surface area contributed by atoms with Gasteiger partial charge in [0.05, 0.1) is 0 Å². The van der Waals surface area contributed by atoms with Crippen LogP contribution in [-0.2, 0) is 17.8 Å². The minimum Gasteiger partial charge on any atom is -0.445 e. The second-order valence-electron chi connectivity index (χ2n) is 6.73. The van der Waals surface area contributed by atoms with E-state index < -0.39 is 0 Å². The molecular weight excluding hydrogens is 274 g/mol. The van der Waals surface area contributed by atoms with Crippen LogP contribution in [0.4, 0.5) is 4.79 Å². The van der Waals surface area contributed by atoms with Crippen molar-refractivity contribution in [2.75, 3.05) is 0 Å². The summed E-state index contributed by atoms with van der Waals surface area (Å²) in [5.41, 5.74) is 5.95. The monoisotopic (exact) mass is 295 g/mol. The molecule has 0 heterocycles. The number of rotatable bonds is 2. The van der Waals surface area contributed by atoms with Crippen molar-refractivity contribution in [2.24, 2.45) is 0 Å². The minimum absolute atomic E-state index is 0.286. The first-order valence-electron chi connectivity index (χ1n) is 7.58. The van der Waals surface area contributed by atoms with Crippen LogP contribution >= 0.6 is 0 Å². The maximum Gasteiger partial charge on any atom is 0.407 e. The Bertz CT molecular complexity index is 714. The molecule has 0 radical (unpaired) electrons. The predicted molar refractivity (Wildman–Crippen MR) is 87.8 cm³/mol. The van der Waals surface area contributed by atoms with Gasteiger partial charge in [-0.05, 0) is 55.0 Å². The van der Waals surface area contributed by atoms with Crippen molar-refractivity contribution in [3.8, 4) is 11.1 Å². The molecule has 0 bridgehead atoms. The number of benzene rings is 2. The highest BCUT2D eigenvalue weighted by atomic mass is 16.5. The van der Waals surface area contributed by atoms with Crippen LogP contribution in [0.1, 0.15) is 37.5 Å². The predicted octanol–water partition coefficient (Wildman–Crippen LogP) is 4.28. The highest BCUT2D eigenvalue weighted by Crippen LogP contribution is 2.38. The molecule has 0 aromatic heterocycles. The van der Waals surface area contributed by atoms with E-state index in [-0.39, 0.29) is 11.6 Å². The molecule has 22 heavy (non-hydrogen) atoms. The van der Waals surface area contributed by atoms with Gasteiger partial charge in [-0.2, -0.15) is 0 Å². The van der Waals surface area contributed by atoms with E-state index in [0.29, 0.717) is 6.61 Å². The summed E-state index contributed by atoms with van der Waals surface area (Å²) in [7, 11) is 0. The van der Waals surface area contributed by atoms with E-state index >= 15 is 0 Å². The van der Waals surface area contributed by atoms with Crippen molar-refractivity contribution in [2.45, 2.75) is 39.3 Å². The van der Waals surface area contributed by atoms with Gasteiger partial charge in [0.1, 0.15) is 6.61 Å². The van der Waals surface area contributed by atoms with Gasteiger partial charge in [0.25, 0.3) is 0 Å². The highest BCUT2D eigenvalue weighted by Gasteiger charge is 2.21. The lowest BCUT2D eigenvalue weighted by Gasteiger charge is -2.20. The topological polar surface area (TPSA) is 38.3 Å². The number of ether oxygens (including phenoxy) is 1. The first-order chi connectivity index (χ1) is 10.4. The van der Waals surface area contributed by atoms with Crippen LogP contribution in [0.25, 0.3) is 11.1 Å². The Balaban J connectivity index is 1.76. The molecule has 0 spiro atoms. The van der Waals surface area contributed by atoms with E-state index in [1.165, 1.54) is 22.3 Å². The third kappa shape index (κ3) is 2.98. The molecule has 2 aromatic rings. The fourth-order valence-electron chi connectivity index (χ4n) is 2.84. The standard InChI is InChI=1S/C19H21NO2/c1-19(2,3)20-18(21)22-12-14-8-6-10-16-15-9-5-4-7-13(15)11-17(14)16/h4-10H,11-12H2,1-3H3,(H,20,21). The van der Waals surface area contributed by atoms with E-state index in [9.17, 15) is 4.79 Å². The zero-order valence-electron chi connectivity index (χ0n) is 13.3. The molecule has 3 rings (SSSR count). The summed E-state index contributed by atoms with van der Waals surface area (Å²) in [6.45, 7) is 6.11. The lowest BCUT2D eigenvalue weighted by molar-refractivity contribution is 0.131. The van der Waals surface area contributed by atoms with Gasteiger partial charge in [-0.15, -0.1) is 0 Å². The van der Waals surface area contributed by atoms with Crippen LogP contribution in [0.2, 0.25) is 0 Å². The molecule has 0 unspecified atom stereocenters. The number of hydrogen-bond donors (Lipinski definition) is 1. The van der Waals surface area contributed by atoms with Crippen LogP contribution in [0.3, 0.4) is 0 Å². The molecule has 2 aromatic carbocycles. The number of fused-ring (bicyclic) bond motifs is 3. The maximum absolute atomic E-state index is 11.8. The second-order valence-corrected chi connectivity index (χ2v) is 6.73. The van der Waals surface area contributed by atoms with Crippen molar-refractivity contribution in [1.29, 1.82) is 0 Å². The number of hydrogen-bond acceptors (Lipinski definition) is 2. The minimum atomic E-state index is -0.374. The highest BCUT2D eigenvalue weighted by molar-refractivity contribution is 5.78. The Morgan fingerprint density at radius 2 is 1.82 bits per heavy atom. The van der Waals surface area contributed by atoms with Gasteiger partial charge in [-0.25, -0.2) is 4.79 Å². The van der Waals surface area contributed by atoms with Gasteiger partial charge in [0.15, 0.2) is 0 Å². The van der Waals surface area contributed by atoms with Gasteiger partial charge >= 0.3 is 6.09 Å². The van der Waals surface area contributed by atoms with Crippen molar-refractivity contribution < 1.29 is 9.53 Å². The van der Waals surface area contributed by atoms with Crippen LogP contribution < -0.4 is 5.32 Å². The smallest absolute Gasteiger partial charge is 0.407 e. The van der Waals surface area contributed by atoms with Crippen molar-refractivity contribution in [3.05, 3.63) is 59.2 Å². The number of alkyl carbamates (subject to hydrolysis) is 1. The van der Waals surface area contributed by atoms with Gasteiger partial charge in [-0.1, -0.05) is 42.5 Å². The number of carbonyl (C=O) groups excluding carboxylic acids is 1. The van der Waals surface area contributed by atoms with Gasteiger partial charge < -0.3 is 10.1 Å². The van der Waals surface area contributed by atoms with Gasteiger partial charge in [-0.3, -0.25) is 0 Å². The Hall–Kier alpha value is -2.29. The molecule has 3 nitrogen and oxygen atoms in total. The summed E-state index contributed by atoms with van der Waals surface area (Å²) in [4.78, 5) is 11.8. The zero-order valence-corrected chi connectivity index (χ0v) is 13.3. The Labute approximate surface area is 131 Å². The van der Waals surface area contributed by atoms with E-state index in [2.05, 4.69) is 35.6 Å². The van der Waals surface area contributed by atoms with Crippen LogP contribution in [0.15, 0.2) is 42.5 Å². The van der Waals surface area contributed by atoms with Crippen molar-refractivity contribution in [1.82, 2.24) is 5.32 Å². The Morgan fingerprint density at radius 1 is 1.09 bits per heavy atom. The summed E-state index contributed by atoms with van der Waals surface area (Å²) < 4.78 is 5.38. The molecule has 114 valence electrons. The fourth-order valence-corrected chi connectivity index (χ4v) is 2.84. The molecule has 1 aliphatic rings. The normalized spacial score (nSPS) is 12.5. The first-order valence-corrected chi connectivity index (χ1v) is 7.58. The molecule has 1 amide bonds. The molecule has 0 atom stereocenters. The summed E-state index contributed by atoms with van der Waals surface area (Å²) in [6, 6.07) is 14.6. The molecular formula is C19H21NO2. The molecule has 0 fully saturated rings. The molecule has 0 saturated heterocycles. The maximum atomic E-state index is 11.8. The average Bonchev–Trinajstić information content (AvgIpc) is 2.82. The van der Waals surface area contributed by atoms with E-state index in [4.69, 9.17) is 4.74 Å². The zero-order chi connectivity index (χ0) is 15.7. The quantitative estimate of drug-likeness (QED) is 0.766. The fraction of sp³-hybridized carbons (Fsp3) is 0.316. The molecule has 0 aliphatic heterocycles.